The summed E-state index contributed by atoms with van der Waals surface area (Å²) in [6, 6.07) is 15.7. The number of carbonyl (C=O) groups is 1. The molecule has 24 heavy (non-hydrogen) atoms. The largest absolute Gasteiger partial charge is 0.399 e. The Morgan fingerprint density at radius 1 is 1.17 bits per heavy atom. The molecule has 3 rings (SSSR count). The first-order chi connectivity index (χ1) is 11.0. The van der Waals surface area contributed by atoms with Gasteiger partial charge in [-0.15, -0.1) is 12.4 Å². The first kappa shape index (κ1) is 18.6. The van der Waals surface area contributed by atoms with Gasteiger partial charge in [-0.1, -0.05) is 35.9 Å². The predicted octanol–water partition coefficient (Wildman–Crippen LogP) is 4.64. The number of halogens is 2. The van der Waals surface area contributed by atoms with Crippen molar-refractivity contribution in [3.8, 4) is 0 Å². The Kier molecular flexibility index (Phi) is 6.14. The van der Waals surface area contributed by atoms with Crippen LogP contribution in [-0.2, 0) is 11.2 Å². The van der Waals surface area contributed by atoms with Crippen molar-refractivity contribution < 1.29 is 4.79 Å². The first-order valence-corrected chi connectivity index (χ1v) is 8.33. The van der Waals surface area contributed by atoms with Gasteiger partial charge in [-0.2, -0.15) is 0 Å². The molecule has 0 saturated heterocycles. The number of nitrogens with two attached hydrogens (primary N) is 1. The van der Waals surface area contributed by atoms with Crippen LogP contribution in [0.25, 0.3) is 0 Å². The number of benzene rings is 2. The van der Waals surface area contributed by atoms with Gasteiger partial charge in [-0.05, 0) is 55.2 Å². The fraction of sp³-hybridized carbons (Fsp3) is 0.316. The molecule has 0 radical (unpaired) electrons. The van der Waals surface area contributed by atoms with E-state index in [4.69, 9.17) is 17.3 Å². The van der Waals surface area contributed by atoms with Gasteiger partial charge in [0.2, 0.25) is 5.91 Å². The van der Waals surface area contributed by atoms with E-state index in [2.05, 4.69) is 6.92 Å². The third-order valence-electron chi connectivity index (χ3n) is 4.33. The highest BCUT2D eigenvalue weighted by atomic mass is 35.5. The molecular formula is C19H22Cl2N2O. The Bertz CT molecular complexity index is 682. The zero-order valence-electron chi connectivity index (χ0n) is 13.6. The lowest BCUT2D eigenvalue weighted by molar-refractivity contribution is -0.133. The third-order valence-corrected chi connectivity index (χ3v) is 4.58. The first-order valence-electron chi connectivity index (χ1n) is 7.95. The molecule has 0 bridgehead atoms. The second-order valence-corrected chi connectivity index (χ2v) is 6.61. The molecule has 1 fully saturated rings. The minimum atomic E-state index is 0. The van der Waals surface area contributed by atoms with Crippen LogP contribution in [0, 0.1) is 0 Å². The monoisotopic (exact) mass is 364 g/mol. The van der Waals surface area contributed by atoms with Crippen molar-refractivity contribution in [2.75, 3.05) is 5.73 Å². The molecule has 128 valence electrons. The van der Waals surface area contributed by atoms with E-state index in [-0.39, 0.29) is 24.4 Å². The lowest BCUT2D eigenvalue weighted by Crippen LogP contribution is -2.36. The summed E-state index contributed by atoms with van der Waals surface area (Å²) < 4.78 is 0. The van der Waals surface area contributed by atoms with Crippen LogP contribution >= 0.6 is 24.0 Å². The maximum atomic E-state index is 12.8. The summed E-state index contributed by atoms with van der Waals surface area (Å²) in [5.74, 6) is 0.166. The molecule has 3 nitrogen and oxygen atoms in total. The second kappa shape index (κ2) is 7.91. The van der Waals surface area contributed by atoms with Crippen LogP contribution in [0.15, 0.2) is 48.5 Å². The SMILES string of the molecule is CC(c1ccc(Cl)cc1)N(C(=O)Cc1ccc(N)cc1)C1CC1.Cl. The quantitative estimate of drug-likeness (QED) is 0.785. The Hall–Kier alpha value is -1.71. The summed E-state index contributed by atoms with van der Waals surface area (Å²) in [6.45, 7) is 2.09. The van der Waals surface area contributed by atoms with Gasteiger partial charge < -0.3 is 10.6 Å². The number of nitrogens with zero attached hydrogens (tertiary/aromatic N) is 1. The average Bonchev–Trinajstić information content (AvgIpc) is 3.35. The molecule has 1 saturated carbocycles. The smallest absolute Gasteiger partial charge is 0.227 e. The normalized spacial score (nSPS) is 14.6. The summed E-state index contributed by atoms with van der Waals surface area (Å²) in [7, 11) is 0. The third kappa shape index (κ3) is 4.43. The van der Waals surface area contributed by atoms with E-state index >= 15 is 0 Å². The molecule has 5 heteroatoms. The van der Waals surface area contributed by atoms with Gasteiger partial charge in [-0.3, -0.25) is 4.79 Å². The fourth-order valence-corrected chi connectivity index (χ4v) is 3.02. The minimum Gasteiger partial charge on any atom is -0.399 e. The molecule has 1 amide bonds. The number of rotatable bonds is 5. The molecule has 2 aromatic carbocycles. The van der Waals surface area contributed by atoms with E-state index in [1.807, 2.05) is 53.4 Å². The number of nitrogen functional groups attached to an aromatic ring is 1. The van der Waals surface area contributed by atoms with Gasteiger partial charge in [0.25, 0.3) is 0 Å². The van der Waals surface area contributed by atoms with Gasteiger partial charge in [0.1, 0.15) is 0 Å². The lowest BCUT2D eigenvalue weighted by Gasteiger charge is -2.30. The molecule has 0 aliphatic heterocycles. The van der Waals surface area contributed by atoms with E-state index in [1.165, 1.54) is 0 Å². The maximum absolute atomic E-state index is 12.8. The molecule has 0 aromatic heterocycles. The van der Waals surface area contributed by atoms with Crippen molar-refractivity contribution >= 4 is 35.6 Å². The van der Waals surface area contributed by atoms with Gasteiger partial charge >= 0.3 is 0 Å². The highest BCUT2D eigenvalue weighted by Crippen LogP contribution is 2.35. The molecule has 0 spiro atoms. The van der Waals surface area contributed by atoms with Crippen LogP contribution in [0.1, 0.15) is 36.9 Å². The number of hydrogen-bond donors (Lipinski definition) is 1. The van der Waals surface area contributed by atoms with Crippen molar-refractivity contribution in [1.82, 2.24) is 4.90 Å². The minimum absolute atomic E-state index is 0. The highest BCUT2D eigenvalue weighted by Gasteiger charge is 2.36. The summed E-state index contributed by atoms with van der Waals surface area (Å²) in [6.07, 6.45) is 2.59. The van der Waals surface area contributed by atoms with E-state index < -0.39 is 0 Å². The molecule has 1 aliphatic carbocycles. The zero-order chi connectivity index (χ0) is 16.4. The Labute approximate surface area is 154 Å². The van der Waals surface area contributed by atoms with Crippen LogP contribution in [0.5, 0.6) is 0 Å². The number of anilines is 1. The van der Waals surface area contributed by atoms with Crippen LogP contribution in [0.2, 0.25) is 5.02 Å². The van der Waals surface area contributed by atoms with Crippen LogP contribution in [-0.4, -0.2) is 16.8 Å². The van der Waals surface area contributed by atoms with E-state index in [0.29, 0.717) is 17.5 Å². The van der Waals surface area contributed by atoms with E-state index in [9.17, 15) is 4.79 Å². The molecule has 0 heterocycles. The van der Waals surface area contributed by atoms with Gasteiger partial charge in [-0.25, -0.2) is 0 Å². The molecular weight excluding hydrogens is 343 g/mol. The van der Waals surface area contributed by atoms with Crippen LogP contribution < -0.4 is 5.73 Å². The van der Waals surface area contributed by atoms with Crippen molar-refractivity contribution in [2.45, 2.75) is 38.3 Å². The maximum Gasteiger partial charge on any atom is 0.227 e. The summed E-state index contributed by atoms with van der Waals surface area (Å²) >= 11 is 5.96. The molecule has 2 N–H and O–H groups in total. The molecule has 2 aromatic rings. The fourth-order valence-electron chi connectivity index (χ4n) is 2.89. The van der Waals surface area contributed by atoms with Gasteiger partial charge in [0, 0.05) is 16.8 Å². The van der Waals surface area contributed by atoms with E-state index in [0.717, 1.165) is 29.7 Å². The van der Waals surface area contributed by atoms with Crippen LogP contribution in [0.4, 0.5) is 5.69 Å². The van der Waals surface area contributed by atoms with Gasteiger partial charge in [0.15, 0.2) is 0 Å². The number of amides is 1. The summed E-state index contributed by atoms with van der Waals surface area (Å²) in [5.41, 5.74) is 8.54. The molecule has 1 unspecified atom stereocenters. The predicted molar refractivity (Wildman–Crippen MR) is 102 cm³/mol. The number of carbonyl (C=O) groups excluding carboxylic acids is 1. The summed E-state index contributed by atoms with van der Waals surface area (Å²) in [5, 5.41) is 0.715. The van der Waals surface area contributed by atoms with Crippen molar-refractivity contribution in [3.63, 3.8) is 0 Å². The molecule has 1 atom stereocenters. The van der Waals surface area contributed by atoms with Crippen molar-refractivity contribution in [3.05, 3.63) is 64.7 Å². The number of hydrogen-bond acceptors (Lipinski definition) is 2. The Morgan fingerprint density at radius 3 is 2.29 bits per heavy atom. The lowest BCUT2D eigenvalue weighted by atomic mass is 10.0. The second-order valence-electron chi connectivity index (χ2n) is 6.18. The van der Waals surface area contributed by atoms with E-state index in [1.54, 1.807) is 0 Å². The average molecular weight is 365 g/mol. The highest BCUT2D eigenvalue weighted by molar-refractivity contribution is 6.30. The van der Waals surface area contributed by atoms with Crippen molar-refractivity contribution in [2.24, 2.45) is 0 Å². The van der Waals surface area contributed by atoms with Crippen molar-refractivity contribution in [1.29, 1.82) is 0 Å². The zero-order valence-corrected chi connectivity index (χ0v) is 15.2. The Balaban J connectivity index is 0.00000208. The summed E-state index contributed by atoms with van der Waals surface area (Å²) in [4.78, 5) is 14.9. The molecule has 1 aliphatic rings. The van der Waals surface area contributed by atoms with Crippen LogP contribution in [0.3, 0.4) is 0 Å². The Morgan fingerprint density at radius 2 is 1.75 bits per heavy atom. The standard InChI is InChI=1S/C19H21ClN2O.ClH/c1-13(15-4-6-16(20)7-5-15)22(18-10-11-18)19(23)12-14-2-8-17(21)9-3-14;/h2-9,13,18H,10-12,21H2,1H3;1H. The topological polar surface area (TPSA) is 46.3 Å². The van der Waals surface area contributed by atoms with Gasteiger partial charge in [0.05, 0.1) is 12.5 Å².